The minimum absolute atomic E-state index is 0.0245. The highest BCUT2D eigenvalue weighted by atomic mass is 16.5. The van der Waals surface area contributed by atoms with Gasteiger partial charge < -0.3 is 14.4 Å². The van der Waals surface area contributed by atoms with Crippen LogP contribution in [0.15, 0.2) is 6.07 Å². The molecule has 104 valence electrons. The molecule has 2 aliphatic rings. The zero-order chi connectivity index (χ0) is 13.2. The number of carbonyl (C=O) groups is 1. The lowest BCUT2D eigenvalue weighted by Crippen LogP contribution is -2.39. The number of ether oxygens (including phenoxy) is 2. The molecule has 1 amide bonds. The summed E-state index contributed by atoms with van der Waals surface area (Å²) in [5.41, 5.74) is 0.477. The van der Waals surface area contributed by atoms with E-state index in [0.717, 1.165) is 19.4 Å². The van der Waals surface area contributed by atoms with Gasteiger partial charge in [0, 0.05) is 38.2 Å². The van der Waals surface area contributed by atoms with E-state index in [9.17, 15) is 4.79 Å². The number of aromatic nitrogens is 2. The van der Waals surface area contributed by atoms with Crippen LogP contribution in [0.1, 0.15) is 30.3 Å². The van der Waals surface area contributed by atoms with E-state index in [0.29, 0.717) is 37.9 Å². The van der Waals surface area contributed by atoms with Crippen molar-refractivity contribution in [2.75, 3.05) is 26.4 Å². The van der Waals surface area contributed by atoms with E-state index >= 15 is 0 Å². The smallest absolute Gasteiger partial charge is 0.274 e. The summed E-state index contributed by atoms with van der Waals surface area (Å²) >= 11 is 0. The summed E-state index contributed by atoms with van der Waals surface area (Å²) in [5.74, 6) is 0.678. The van der Waals surface area contributed by atoms with E-state index in [1.54, 1.807) is 10.7 Å². The van der Waals surface area contributed by atoms with E-state index in [1.807, 2.05) is 4.90 Å². The van der Waals surface area contributed by atoms with Gasteiger partial charge in [-0.05, 0) is 13.3 Å². The largest absolute Gasteiger partial charge is 0.478 e. The molecule has 0 N–H and O–H groups in total. The molecule has 1 fully saturated rings. The molecule has 1 aromatic heterocycles. The standard InChI is InChI=1S/C13H19N3O3/c1-10-3-7-18-8-5-15(10)13(17)11-9-12-16(14-11)4-2-6-19-12/h9-10H,2-8H2,1H3. The maximum Gasteiger partial charge on any atom is 0.274 e. The van der Waals surface area contributed by atoms with Gasteiger partial charge in [0.2, 0.25) is 5.88 Å². The first-order valence-corrected chi connectivity index (χ1v) is 6.85. The van der Waals surface area contributed by atoms with Crippen LogP contribution in [0, 0.1) is 0 Å². The van der Waals surface area contributed by atoms with Crippen molar-refractivity contribution in [1.29, 1.82) is 0 Å². The predicted octanol–water partition coefficient (Wildman–Crippen LogP) is 0.917. The summed E-state index contributed by atoms with van der Waals surface area (Å²) in [4.78, 5) is 14.4. The molecule has 0 aliphatic carbocycles. The van der Waals surface area contributed by atoms with Crippen molar-refractivity contribution in [3.05, 3.63) is 11.8 Å². The molecule has 0 bridgehead atoms. The van der Waals surface area contributed by atoms with E-state index in [2.05, 4.69) is 12.0 Å². The molecule has 0 saturated carbocycles. The highest BCUT2D eigenvalue weighted by Crippen LogP contribution is 2.20. The van der Waals surface area contributed by atoms with Crippen LogP contribution < -0.4 is 4.74 Å². The fourth-order valence-corrected chi connectivity index (χ4v) is 2.52. The predicted molar refractivity (Wildman–Crippen MR) is 68.3 cm³/mol. The molecule has 6 heteroatoms. The second-order valence-corrected chi connectivity index (χ2v) is 5.04. The van der Waals surface area contributed by atoms with Crippen LogP contribution >= 0.6 is 0 Å². The van der Waals surface area contributed by atoms with Crippen LogP contribution in [0.2, 0.25) is 0 Å². The molecule has 0 aromatic carbocycles. The first-order chi connectivity index (χ1) is 9.25. The van der Waals surface area contributed by atoms with Gasteiger partial charge in [0.05, 0.1) is 13.2 Å². The minimum atomic E-state index is -0.0245. The zero-order valence-electron chi connectivity index (χ0n) is 11.2. The Bertz CT molecular complexity index is 448. The average molecular weight is 265 g/mol. The Hall–Kier alpha value is -1.56. The van der Waals surface area contributed by atoms with Crippen molar-refractivity contribution in [2.24, 2.45) is 0 Å². The summed E-state index contributed by atoms with van der Waals surface area (Å²) in [6.07, 6.45) is 1.81. The molecule has 3 heterocycles. The van der Waals surface area contributed by atoms with Gasteiger partial charge in [-0.25, -0.2) is 4.68 Å². The Labute approximate surface area is 112 Å². The number of fused-ring (bicyclic) bond motifs is 1. The van der Waals surface area contributed by atoms with Gasteiger partial charge in [-0.15, -0.1) is 0 Å². The van der Waals surface area contributed by atoms with Crippen molar-refractivity contribution < 1.29 is 14.3 Å². The fraction of sp³-hybridized carbons (Fsp3) is 0.692. The van der Waals surface area contributed by atoms with Gasteiger partial charge in [-0.1, -0.05) is 0 Å². The van der Waals surface area contributed by atoms with Crippen molar-refractivity contribution in [1.82, 2.24) is 14.7 Å². The van der Waals surface area contributed by atoms with Gasteiger partial charge in [0.15, 0.2) is 5.69 Å². The molecular formula is C13H19N3O3. The molecule has 0 radical (unpaired) electrons. The number of rotatable bonds is 1. The zero-order valence-corrected chi connectivity index (χ0v) is 11.2. The van der Waals surface area contributed by atoms with E-state index in [4.69, 9.17) is 9.47 Å². The average Bonchev–Trinajstić information content (AvgIpc) is 2.74. The Kier molecular flexibility index (Phi) is 3.42. The lowest BCUT2D eigenvalue weighted by Gasteiger charge is -2.25. The maximum absolute atomic E-state index is 12.5. The summed E-state index contributed by atoms with van der Waals surface area (Å²) in [5, 5.41) is 4.35. The minimum Gasteiger partial charge on any atom is -0.478 e. The van der Waals surface area contributed by atoms with Gasteiger partial charge in [-0.2, -0.15) is 5.10 Å². The lowest BCUT2D eigenvalue weighted by molar-refractivity contribution is 0.0680. The highest BCUT2D eigenvalue weighted by Gasteiger charge is 2.26. The van der Waals surface area contributed by atoms with Gasteiger partial charge in [-0.3, -0.25) is 4.79 Å². The van der Waals surface area contributed by atoms with Gasteiger partial charge in [0.1, 0.15) is 0 Å². The van der Waals surface area contributed by atoms with Crippen molar-refractivity contribution in [2.45, 2.75) is 32.4 Å². The first-order valence-electron chi connectivity index (χ1n) is 6.85. The maximum atomic E-state index is 12.5. The number of hydrogen-bond acceptors (Lipinski definition) is 4. The second-order valence-electron chi connectivity index (χ2n) is 5.04. The topological polar surface area (TPSA) is 56.6 Å². The number of amides is 1. The summed E-state index contributed by atoms with van der Waals surface area (Å²) < 4.78 is 12.7. The Morgan fingerprint density at radius 2 is 2.26 bits per heavy atom. The molecule has 1 saturated heterocycles. The molecule has 1 atom stereocenters. The van der Waals surface area contributed by atoms with Gasteiger partial charge >= 0.3 is 0 Å². The number of nitrogens with zero attached hydrogens (tertiary/aromatic N) is 3. The van der Waals surface area contributed by atoms with Crippen LogP contribution in [0.4, 0.5) is 0 Å². The summed E-state index contributed by atoms with van der Waals surface area (Å²) in [6.45, 7) is 5.52. The summed E-state index contributed by atoms with van der Waals surface area (Å²) in [6, 6.07) is 1.94. The fourth-order valence-electron chi connectivity index (χ4n) is 2.52. The molecular weight excluding hydrogens is 246 g/mol. The molecule has 3 rings (SSSR count). The number of aryl methyl sites for hydroxylation is 1. The van der Waals surface area contributed by atoms with Gasteiger partial charge in [0.25, 0.3) is 5.91 Å². The quantitative estimate of drug-likeness (QED) is 0.757. The highest BCUT2D eigenvalue weighted by molar-refractivity contribution is 5.92. The molecule has 6 nitrogen and oxygen atoms in total. The Balaban J connectivity index is 1.80. The second kappa shape index (κ2) is 5.21. The summed E-state index contributed by atoms with van der Waals surface area (Å²) in [7, 11) is 0. The third kappa shape index (κ3) is 2.45. The van der Waals surface area contributed by atoms with Crippen molar-refractivity contribution in [3.63, 3.8) is 0 Å². The molecule has 0 spiro atoms. The third-order valence-electron chi connectivity index (χ3n) is 3.68. The molecule has 1 aromatic rings. The van der Waals surface area contributed by atoms with Crippen LogP contribution in [0.5, 0.6) is 5.88 Å². The van der Waals surface area contributed by atoms with Crippen molar-refractivity contribution in [3.8, 4) is 5.88 Å². The van der Waals surface area contributed by atoms with Crippen molar-refractivity contribution >= 4 is 5.91 Å². The molecule has 1 unspecified atom stereocenters. The monoisotopic (exact) mass is 265 g/mol. The van der Waals surface area contributed by atoms with E-state index in [-0.39, 0.29) is 11.9 Å². The SMILES string of the molecule is CC1CCOCCN1C(=O)c1cc2n(n1)CCCO2. The Morgan fingerprint density at radius 3 is 3.11 bits per heavy atom. The van der Waals surface area contributed by atoms with E-state index < -0.39 is 0 Å². The molecule has 2 aliphatic heterocycles. The lowest BCUT2D eigenvalue weighted by atomic mass is 10.2. The first kappa shape index (κ1) is 12.5. The number of hydrogen-bond donors (Lipinski definition) is 0. The normalized spacial score (nSPS) is 23.4. The van der Waals surface area contributed by atoms with Crippen LogP contribution in [0.25, 0.3) is 0 Å². The molecule has 19 heavy (non-hydrogen) atoms. The third-order valence-corrected chi connectivity index (χ3v) is 3.68. The van der Waals surface area contributed by atoms with Crippen LogP contribution in [-0.4, -0.2) is 53.0 Å². The van der Waals surface area contributed by atoms with Crippen LogP contribution in [0.3, 0.4) is 0 Å². The van der Waals surface area contributed by atoms with Crippen LogP contribution in [-0.2, 0) is 11.3 Å². The Morgan fingerprint density at radius 1 is 1.37 bits per heavy atom. The number of carbonyl (C=O) groups excluding carboxylic acids is 1. The van der Waals surface area contributed by atoms with E-state index in [1.165, 1.54) is 0 Å².